The van der Waals surface area contributed by atoms with E-state index < -0.39 is 17.3 Å². The SMILES string of the molecule is CC(C)OC(=O)c1c2c(nn1[C@H](C)CNC(C)c1cc(F)c(=O)n(C3CC3)c1)C[C@@H](C)N(C(=O)c1ccc(Cl)c(Cl)c1)C2. The topological polar surface area (TPSA) is 98.5 Å². The van der Waals surface area contributed by atoms with Gasteiger partial charge in [0.1, 0.15) is 0 Å². The summed E-state index contributed by atoms with van der Waals surface area (Å²) in [4.78, 5) is 40.9. The second-order valence-corrected chi connectivity index (χ2v) is 12.6. The summed E-state index contributed by atoms with van der Waals surface area (Å²) in [5, 5.41) is 8.89. The van der Waals surface area contributed by atoms with Gasteiger partial charge in [-0.15, -0.1) is 0 Å². The number of carbonyl (C=O) groups is 2. The molecule has 1 N–H and O–H groups in total. The summed E-state index contributed by atoms with van der Waals surface area (Å²) in [5.74, 6) is -1.51. The molecule has 3 atom stereocenters. The Balaban J connectivity index is 1.40. The number of nitrogens with one attached hydrogen (secondary N) is 1. The van der Waals surface area contributed by atoms with Crippen molar-refractivity contribution in [2.75, 3.05) is 6.54 Å². The number of carbonyl (C=O) groups excluding carboxylic acids is 2. The number of hydrogen-bond donors (Lipinski definition) is 1. The first-order valence-electron chi connectivity index (χ1n) is 14.6. The summed E-state index contributed by atoms with van der Waals surface area (Å²) in [6, 6.07) is 5.36. The zero-order valence-corrected chi connectivity index (χ0v) is 26.4. The van der Waals surface area contributed by atoms with Gasteiger partial charge in [0.2, 0.25) is 0 Å². The monoisotopic (exact) mass is 631 g/mol. The van der Waals surface area contributed by atoms with E-state index in [1.807, 2.05) is 20.8 Å². The van der Waals surface area contributed by atoms with Gasteiger partial charge in [-0.25, -0.2) is 9.18 Å². The molecule has 2 aliphatic rings. The van der Waals surface area contributed by atoms with Crippen molar-refractivity contribution in [3.05, 3.63) is 84.8 Å². The van der Waals surface area contributed by atoms with Gasteiger partial charge in [-0.2, -0.15) is 5.10 Å². The predicted octanol–water partition coefficient (Wildman–Crippen LogP) is 5.89. The van der Waals surface area contributed by atoms with E-state index in [0.717, 1.165) is 18.5 Å². The Kier molecular flexibility index (Phi) is 9.02. The maximum absolute atomic E-state index is 14.4. The van der Waals surface area contributed by atoms with E-state index in [4.69, 9.17) is 33.0 Å². The van der Waals surface area contributed by atoms with Crippen LogP contribution in [-0.4, -0.2) is 49.8 Å². The summed E-state index contributed by atoms with van der Waals surface area (Å²) in [5.41, 5.74) is 2.16. The number of hydrogen-bond acceptors (Lipinski definition) is 6. The highest BCUT2D eigenvalue weighted by Gasteiger charge is 2.36. The Bertz CT molecular complexity index is 1620. The van der Waals surface area contributed by atoms with Crippen molar-refractivity contribution in [2.45, 2.75) is 90.7 Å². The van der Waals surface area contributed by atoms with Crippen molar-refractivity contribution in [2.24, 2.45) is 0 Å². The number of amides is 1. The van der Waals surface area contributed by atoms with E-state index >= 15 is 0 Å². The van der Waals surface area contributed by atoms with Gasteiger partial charge in [0, 0.05) is 48.4 Å². The first-order valence-corrected chi connectivity index (χ1v) is 15.3. The van der Waals surface area contributed by atoms with Gasteiger partial charge >= 0.3 is 5.97 Å². The van der Waals surface area contributed by atoms with E-state index in [-0.39, 0.29) is 47.7 Å². The zero-order valence-electron chi connectivity index (χ0n) is 24.9. The minimum Gasteiger partial charge on any atom is -0.458 e. The molecule has 12 heteroatoms. The van der Waals surface area contributed by atoms with Crippen molar-refractivity contribution in [3.8, 4) is 0 Å². The molecule has 3 aromatic rings. The number of esters is 1. The molecule has 9 nitrogen and oxygen atoms in total. The average Bonchev–Trinajstić information content (AvgIpc) is 3.73. The fourth-order valence-electron chi connectivity index (χ4n) is 5.43. The number of aromatic nitrogens is 3. The third-order valence-electron chi connectivity index (χ3n) is 8.00. The zero-order chi connectivity index (χ0) is 31.2. The summed E-state index contributed by atoms with van der Waals surface area (Å²) in [6.45, 7) is 9.90. The van der Waals surface area contributed by atoms with Crippen LogP contribution in [0.3, 0.4) is 0 Å². The van der Waals surface area contributed by atoms with Crippen LogP contribution in [0, 0.1) is 5.82 Å². The first-order chi connectivity index (χ1) is 20.3. The van der Waals surface area contributed by atoms with Crippen LogP contribution in [0.2, 0.25) is 10.0 Å². The smallest absolute Gasteiger partial charge is 0.357 e. The normalized spacial score (nSPS) is 18.0. The third-order valence-corrected chi connectivity index (χ3v) is 8.74. The molecule has 0 spiro atoms. The summed E-state index contributed by atoms with van der Waals surface area (Å²) >= 11 is 12.2. The lowest BCUT2D eigenvalue weighted by Crippen LogP contribution is -2.43. The van der Waals surface area contributed by atoms with Crippen LogP contribution >= 0.6 is 23.2 Å². The van der Waals surface area contributed by atoms with Gasteiger partial charge in [-0.05, 0) is 77.3 Å². The Morgan fingerprint density at radius 1 is 1.14 bits per heavy atom. The van der Waals surface area contributed by atoms with Crippen LogP contribution in [0.4, 0.5) is 4.39 Å². The van der Waals surface area contributed by atoms with E-state index in [9.17, 15) is 18.8 Å². The van der Waals surface area contributed by atoms with Gasteiger partial charge in [0.25, 0.3) is 11.5 Å². The molecular weight excluding hydrogens is 596 g/mol. The Labute approximate surface area is 259 Å². The highest BCUT2D eigenvalue weighted by molar-refractivity contribution is 6.42. The van der Waals surface area contributed by atoms with E-state index in [1.54, 1.807) is 47.8 Å². The quantitative estimate of drug-likeness (QED) is 0.296. The maximum Gasteiger partial charge on any atom is 0.357 e. The van der Waals surface area contributed by atoms with Crippen molar-refractivity contribution in [1.82, 2.24) is 24.6 Å². The maximum atomic E-state index is 14.4. The lowest BCUT2D eigenvalue weighted by molar-refractivity contribution is 0.0355. The van der Waals surface area contributed by atoms with Crippen LogP contribution in [0.5, 0.6) is 0 Å². The van der Waals surface area contributed by atoms with Gasteiger partial charge in [-0.3, -0.25) is 14.3 Å². The largest absolute Gasteiger partial charge is 0.458 e. The molecular formula is C31H36Cl2FN5O4. The summed E-state index contributed by atoms with van der Waals surface area (Å²) in [7, 11) is 0. The van der Waals surface area contributed by atoms with Crippen LogP contribution in [0.25, 0.3) is 0 Å². The molecule has 1 saturated carbocycles. The molecule has 3 heterocycles. The molecule has 1 fully saturated rings. The minimum absolute atomic E-state index is 0.0588. The fraction of sp³-hybridized carbons (Fsp3) is 0.484. The Morgan fingerprint density at radius 2 is 1.86 bits per heavy atom. The molecule has 1 aromatic carbocycles. The molecule has 2 aromatic heterocycles. The van der Waals surface area contributed by atoms with E-state index in [1.165, 1.54) is 10.6 Å². The van der Waals surface area contributed by atoms with Crippen molar-refractivity contribution in [1.29, 1.82) is 0 Å². The molecule has 5 rings (SSSR count). The first kappa shape index (κ1) is 31.2. The molecule has 0 bridgehead atoms. The van der Waals surface area contributed by atoms with Gasteiger partial charge in [-0.1, -0.05) is 23.2 Å². The standard InChI is InChI=1S/C31H36Cl2FN5O4/c1-16(2)43-31(42)28-23-15-37(29(40)20-6-9-24(32)25(33)11-20)17(3)10-27(23)36-39(28)18(4)13-35-19(5)21-12-26(34)30(41)38(14-21)22-7-8-22/h6,9,11-12,14,16-19,22,35H,7-8,10,13,15H2,1-5H3/t17-,18-,19?/m1/s1. The molecule has 0 radical (unpaired) electrons. The molecule has 1 unspecified atom stereocenters. The number of nitrogens with zero attached hydrogens (tertiary/aromatic N) is 4. The van der Waals surface area contributed by atoms with Crippen molar-refractivity contribution >= 4 is 35.1 Å². The highest BCUT2D eigenvalue weighted by Crippen LogP contribution is 2.34. The Morgan fingerprint density at radius 3 is 2.51 bits per heavy atom. The number of pyridine rings is 1. The molecule has 0 saturated heterocycles. The Hall–Kier alpha value is -3.21. The minimum atomic E-state index is -0.765. The van der Waals surface area contributed by atoms with Gasteiger partial charge in [0.05, 0.1) is 34.4 Å². The number of fused-ring (bicyclic) bond motifs is 1. The van der Waals surface area contributed by atoms with Crippen molar-refractivity contribution in [3.63, 3.8) is 0 Å². The lowest BCUT2D eigenvalue weighted by Gasteiger charge is -2.33. The van der Waals surface area contributed by atoms with Crippen LogP contribution in [-0.2, 0) is 17.7 Å². The molecule has 1 aliphatic carbocycles. The van der Waals surface area contributed by atoms with Crippen LogP contribution < -0.4 is 10.9 Å². The molecule has 1 aliphatic heterocycles. The van der Waals surface area contributed by atoms with Gasteiger partial charge < -0.3 is 19.5 Å². The number of halogens is 3. The van der Waals surface area contributed by atoms with Crippen LogP contribution in [0.1, 0.15) is 103 Å². The van der Waals surface area contributed by atoms with Gasteiger partial charge in [0.15, 0.2) is 11.5 Å². The van der Waals surface area contributed by atoms with Crippen molar-refractivity contribution < 1.29 is 18.7 Å². The lowest BCUT2D eigenvalue weighted by atomic mass is 9.98. The average molecular weight is 633 g/mol. The van der Waals surface area contributed by atoms with Crippen LogP contribution in [0.15, 0.2) is 35.3 Å². The predicted molar refractivity (Wildman–Crippen MR) is 162 cm³/mol. The number of rotatable bonds is 9. The second-order valence-electron chi connectivity index (χ2n) is 11.8. The second kappa shape index (κ2) is 12.4. The summed E-state index contributed by atoms with van der Waals surface area (Å²) < 4.78 is 23.2. The molecule has 1 amide bonds. The third kappa shape index (κ3) is 6.51. The number of benzene rings is 1. The molecule has 230 valence electrons. The fourth-order valence-corrected chi connectivity index (χ4v) is 5.73. The summed E-state index contributed by atoms with van der Waals surface area (Å²) in [6.07, 6.45) is 3.57. The molecule has 43 heavy (non-hydrogen) atoms. The van der Waals surface area contributed by atoms with E-state index in [2.05, 4.69) is 5.32 Å². The highest BCUT2D eigenvalue weighted by atomic mass is 35.5. The van der Waals surface area contributed by atoms with E-state index in [0.29, 0.717) is 40.4 Å². The number of ether oxygens (including phenoxy) is 1.